The first-order chi connectivity index (χ1) is 15.1. The summed E-state index contributed by atoms with van der Waals surface area (Å²) in [6.45, 7) is 4.45. The molecule has 1 aliphatic heterocycles. The number of hydrogen-bond donors (Lipinski definition) is 3. The van der Waals surface area contributed by atoms with E-state index in [9.17, 15) is 31.1 Å². The van der Waals surface area contributed by atoms with Crippen LogP contribution in [0, 0.1) is 11.8 Å². The van der Waals surface area contributed by atoms with Gasteiger partial charge in [-0.25, -0.2) is 9.59 Å². The fourth-order valence-corrected chi connectivity index (χ4v) is 2.16. The Morgan fingerprint density at radius 2 is 1.36 bits per heavy atom. The van der Waals surface area contributed by atoms with Crippen molar-refractivity contribution in [1.29, 1.82) is 0 Å². The standard InChI is InChI=1S/C15H27N3O.2C2HF3O2/c1-17(15(19)9-3-2-4-10-16)11-5-6-12-18-13-7-8-14-18;2*3-2(4,5)1(6)7/h2-4,7-14,16H2,1H3;2*(H,6,7). The van der Waals surface area contributed by atoms with Crippen molar-refractivity contribution < 1.29 is 50.9 Å². The first-order valence-corrected chi connectivity index (χ1v) is 9.85. The molecule has 1 rings (SSSR count). The van der Waals surface area contributed by atoms with Gasteiger partial charge in [-0.2, -0.15) is 26.3 Å². The second-order valence-electron chi connectivity index (χ2n) is 6.79. The number of nitrogens with zero attached hydrogens (tertiary/aromatic N) is 2. The molecule has 0 unspecified atom stereocenters. The van der Waals surface area contributed by atoms with Gasteiger partial charge in [0.25, 0.3) is 0 Å². The summed E-state index contributed by atoms with van der Waals surface area (Å²) in [5, 5.41) is 14.2. The average Bonchev–Trinajstić information content (AvgIpc) is 3.21. The van der Waals surface area contributed by atoms with Crippen LogP contribution in [0.15, 0.2) is 0 Å². The molecule has 1 saturated heterocycles. The van der Waals surface area contributed by atoms with Crippen LogP contribution in [0.2, 0.25) is 0 Å². The van der Waals surface area contributed by atoms with Crippen LogP contribution in [0.1, 0.15) is 38.5 Å². The summed E-state index contributed by atoms with van der Waals surface area (Å²) in [5.41, 5.74) is 5.42. The van der Waals surface area contributed by atoms with E-state index in [1.54, 1.807) is 4.90 Å². The summed E-state index contributed by atoms with van der Waals surface area (Å²) < 4.78 is 63.5. The van der Waals surface area contributed by atoms with E-state index in [0.717, 1.165) is 25.8 Å². The van der Waals surface area contributed by atoms with Gasteiger partial charge in [0.1, 0.15) is 0 Å². The molecule has 33 heavy (non-hydrogen) atoms. The number of rotatable bonds is 7. The lowest BCUT2D eigenvalue weighted by Gasteiger charge is -2.13. The van der Waals surface area contributed by atoms with Crippen LogP contribution in [0.25, 0.3) is 0 Å². The van der Waals surface area contributed by atoms with E-state index in [0.29, 0.717) is 19.5 Å². The molecule has 0 radical (unpaired) electrons. The Morgan fingerprint density at radius 1 is 0.909 bits per heavy atom. The molecule has 8 nitrogen and oxygen atoms in total. The molecule has 0 atom stereocenters. The van der Waals surface area contributed by atoms with Crippen molar-refractivity contribution in [3.8, 4) is 11.8 Å². The molecule has 1 heterocycles. The maximum Gasteiger partial charge on any atom is 0.490 e. The van der Waals surface area contributed by atoms with Gasteiger partial charge < -0.3 is 20.8 Å². The van der Waals surface area contributed by atoms with Crippen molar-refractivity contribution >= 4 is 17.8 Å². The number of likely N-dealkylation sites (tertiary alicyclic amines) is 1. The van der Waals surface area contributed by atoms with Gasteiger partial charge in [-0.15, -0.1) is 0 Å². The van der Waals surface area contributed by atoms with Crippen molar-refractivity contribution in [2.75, 3.05) is 39.8 Å². The van der Waals surface area contributed by atoms with Crippen LogP contribution < -0.4 is 5.73 Å². The Labute approximate surface area is 187 Å². The van der Waals surface area contributed by atoms with E-state index >= 15 is 0 Å². The number of carbonyl (C=O) groups excluding carboxylic acids is 1. The molecule has 0 bridgehead atoms. The summed E-state index contributed by atoms with van der Waals surface area (Å²) in [4.78, 5) is 33.6. The summed E-state index contributed by atoms with van der Waals surface area (Å²) in [5.74, 6) is 0.917. The zero-order valence-corrected chi connectivity index (χ0v) is 18.1. The second-order valence-corrected chi connectivity index (χ2v) is 6.79. The Bertz CT molecular complexity index is 629. The van der Waals surface area contributed by atoms with Crippen molar-refractivity contribution in [3.63, 3.8) is 0 Å². The van der Waals surface area contributed by atoms with Crippen LogP contribution in [0.3, 0.4) is 0 Å². The monoisotopic (exact) mass is 493 g/mol. The third kappa shape index (κ3) is 19.9. The first-order valence-electron chi connectivity index (χ1n) is 9.85. The molecule has 0 aromatic rings. The number of hydrogen-bond acceptors (Lipinski definition) is 5. The Hall–Kier alpha value is -2.53. The molecular formula is C19H29F6N3O5. The fraction of sp³-hybridized carbons (Fsp3) is 0.737. The number of nitrogens with two attached hydrogens (primary N) is 1. The summed E-state index contributed by atoms with van der Waals surface area (Å²) >= 11 is 0. The molecule has 0 aromatic heterocycles. The average molecular weight is 493 g/mol. The van der Waals surface area contributed by atoms with E-state index in [1.807, 2.05) is 7.05 Å². The molecule has 1 aliphatic rings. The van der Waals surface area contributed by atoms with Gasteiger partial charge in [0.15, 0.2) is 0 Å². The quantitative estimate of drug-likeness (QED) is 0.283. The predicted octanol–water partition coefficient (Wildman–Crippen LogP) is 2.33. The highest BCUT2D eigenvalue weighted by atomic mass is 19.4. The maximum absolute atomic E-state index is 11.8. The number of alkyl halides is 6. The molecule has 0 aliphatic carbocycles. The molecule has 4 N–H and O–H groups in total. The summed E-state index contributed by atoms with van der Waals surface area (Å²) in [7, 11) is 1.83. The van der Waals surface area contributed by atoms with Gasteiger partial charge in [0.2, 0.25) is 5.91 Å². The minimum Gasteiger partial charge on any atom is -0.475 e. The number of halogens is 6. The second kappa shape index (κ2) is 17.0. The van der Waals surface area contributed by atoms with Gasteiger partial charge in [-0.1, -0.05) is 18.3 Å². The number of amides is 1. The molecule has 0 saturated carbocycles. The lowest BCUT2D eigenvalue weighted by molar-refractivity contribution is -0.193. The largest absolute Gasteiger partial charge is 0.490 e. The Kier molecular flexibility index (Phi) is 16.8. The Balaban J connectivity index is 0. The van der Waals surface area contributed by atoms with Gasteiger partial charge >= 0.3 is 24.3 Å². The molecule has 0 aromatic carbocycles. The van der Waals surface area contributed by atoms with Gasteiger partial charge in [0.05, 0.1) is 13.1 Å². The number of aliphatic carboxylic acids is 2. The topological polar surface area (TPSA) is 124 Å². The maximum atomic E-state index is 11.8. The summed E-state index contributed by atoms with van der Waals surface area (Å²) in [6, 6.07) is 0. The first kappa shape index (κ1) is 32.6. The number of unbranched alkanes of at least 4 members (excludes halogenated alkanes) is 2. The highest BCUT2D eigenvalue weighted by Gasteiger charge is 2.38. The zero-order valence-electron chi connectivity index (χ0n) is 18.1. The van der Waals surface area contributed by atoms with E-state index < -0.39 is 24.3 Å². The lowest BCUT2D eigenvalue weighted by atomic mass is 10.2. The van der Waals surface area contributed by atoms with Gasteiger partial charge in [-0.05, 0) is 45.3 Å². The minimum atomic E-state index is -5.08. The number of carbonyl (C=O) groups is 3. The normalized spacial score (nSPS) is 13.5. The molecule has 14 heteroatoms. The van der Waals surface area contributed by atoms with Crippen LogP contribution >= 0.6 is 0 Å². The van der Waals surface area contributed by atoms with E-state index in [1.165, 1.54) is 25.9 Å². The minimum absolute atomic E-state index is 0.187. The lowest BCUT2D eigenvalue weighted by Crippen LogP contribution is -2.27. The third-order valence-electron chi connectivity index (χ3n) is 3.95. The molecule has 1 fully saturated rings. The number of carboxylic acids is 2. The Morgan fingerprint density at radius 3 is 1.76 bits per heavy atom. The van der Waals surface area contributed by atoms with E-state index in [4.69, 9.17) is 25.5 Å². The molecule has 1 amide bonds. The van der Waals surface area contributed by atoms with Crippen molar-refractivity contribution in [3.05, 3.63) is 0 Å². The van der Waals surface area contributed by atoms with Crippen molar-refractivity contribution in [2.45, 2.75) is 50.9 Å². The third-order valence-corrected chi connectivity index (χ3v) is 3.95. The number of carboxylic acid groups (broad SMARTS) is 2. The smallest absolute Gasteiger partial charge is 0.475 e. The summed E-state index contributed by atoms with van der Waals surface area (Å²) in [6.07, 6.45) is -3.99. The molecule has 0 spiro atoms. The van der Waals surface area contributed by atoms with E-state index in [2.05, 4.69) is 16.7 Å². The fourth-order valence-electron chi connectivity index (χ4n) is 2.16. The highest BCUT2D eigenvalue weighted by Crippen LogP contribution is 2.13. The van der Waals surface area contributed by atoms with Crippen LogP contribution in [0.4, 0.5) is 26.3 Å². The van der Waals surface area contributed by atoms with Crippen LogP contribution in [-0.4, -0.2) is 90.0 Å². The van der Waals surface area contributed by atoms with Crippen molar-refractivity contribution in [1.82, 2.24) is 9.80 Å². The van der Waals surface area contributed by atoms with Gasteiger partial charge in [0, 0.05) is 13.5 Å². The van der Waals surface area contributed by atoms with Crippen molar-refractivity contribution in [2.24, 2.45) is 5.73 Å². The zero-order chi connectivity index (χ0) is 26.1. The predicted molar refractivity (Wildman–Crippen MR) is 106 cm³/mol. The van der Waals surface area contributed by atoms with Crippen LogP contribution in [-0.2, 0) is 14.4 Å². The SMILES string of the molecule is CN(CC#CCN1CCCC1)C(=O)CCCCCN.O=C(O)C(F)(F)F.O=C(O)C(F)(F)F. The highest BCUT2D eigenvalue weighted by molar-refractivity contribution is 5.76. The van der Waals surface area contributed by atoms with Crippen LogP contribution in [0.5, 0.6) is 0 Å². The molecular weight excluding hydrogens is 464 g/mol. The molecule has 192 valence electrons. The van der Waals surface area contributed by atoms with E-state index in [-0.39, 0.29) is 5.91 Å². The van der Waals surface area contributed by atoms with Gasteiger partial charge in [-0.3, -0.25) is 9.69 Å².